The molecule has 6 rings (SSSR count). The highest BCUT2D eigenvalue weighted by molar-refractivity contribution is 5.84. The molecule has 0 aliphatic heterocycles. The summed E-state index contributed by atoms with van der Waals surface area (Å²) in [5.41, 5.74) is 1.93. The van der Waals surface area contributed by atoms with Crippen LogP contribution < -0.4 is 5.32 Å². The third-order valence-corrected chi connectivity index (χ3v) is 9.14. The molecule has 0 radical (unpaired) electrons. The molecule has 4 atom stereocenters. The predicted molar refractivity (Wildman–Crippen MR) is 114 cm³/mol. The maximum atomic E-state index is 13.8. The van der Waals surface area contributed by atoms with Crippen molar-refractivity contribution in [1.82, 2.24) is 5.32 Å². The Morgan fingerprint density at radius 3 is 2.43 bits per heavy atom. The van der Waals surface area contributed by atoms with Crippen molar-refractivity contribution in [3.05, 3.63) is 35.9 Å². The smallest absolute Gasteiger partial charge is 0.226 e. The average molecular weight is 380 g/mol. The van der Waals surface area contributed by atoms with Gasteiger partial charge in [-0.05, 0) is 79.6 Å². The lowest BCUT2D eigenvalue weighted by Crippen LogP contribution is -2.64. The third kappa shape index (κ3) is 2.85. The van der Waals surface area contributed by atoms with E-state index < -0.39 is 0 Å². The standard InChI is InChI=1S/C26H37NO/c1-19(2)24-13-20-14-25(16-24,21-9-5-3-6-10-21)18-26(15-20,17-24)23(28)27-22-11-7-4-8-12-22/h3,5-6,9-10,19-20,22H,4,7-8,11-18H2,1-2H3,(H,27,28)/t20?,24?,25?,26-/m1/s1. The number of hydrogen-bond donors (Lipinski definition) is 1. The van der Waals surface area contributed by atoms with Crippen LogP contribution in [0.4, 0.5) is 0 Å². The van der Waals surface area contributed by atoms with Gasteiger partial charge in [0.05, 0.1) is 5.41 Å². The second-order valence-corrected chi connectivity index (χ2v) is 11.3. The minimum atomic E-state index is -0.128. The SMILES string of the molecule is CC(C)C12CC3CC(c4ccccc4)(C1)C[C@@](C(=O)NC1CCCCC1)(C3)C2. The Bertz CT molecular complexity index is 736. The summed E-state index contributed by atoms with van der Waals surface area (Å²) in [7, 11) is 0. The molecule has 28 heavy (non-hydrogen) atoms. The molecular weight excluding hydrogens is 342 g/mol. The molecule has 0 heterocycles. The maximum Gasteiger partial charge on any atom is 0.226 e. The van der Waals surface area contributed by atoms with Crippen molar-refractivity contribution >= 4 is 5.91 Å². The van der Waals surface area contributed by atoms with Crippen LogP contribution in [0.25, 0.3) is 0 Å². The topological polar surface area (TPSA) is 29.1 Å². The molecule has 2 nitrogen and oxygen atoms in total. The largest absolute Gasteiger partial charge is 0.353 e. The van der Waals surface area contributed by atoms with Gasteiger partial charge in [0.15, 0.2) is 0 Å². The van der Waals surface area contributed by atoms with E-state index in [9.17, 15) is 4.79 Å². The molecule has 5 saturated carbocycles. The average Bonchev–Trinajstić information content (AvgIpc) is 2.68. The van der Waals surface area contributed by atoms with Gasteiger partial charge in [0.2, 0.25) is 5.91 Å². The zero-order valence-electron chi connectivity index (χ0n) is 17.8. The Morgan fingerprint density at radius 2 is 1.71 bits per heavy atom. The van der Waals surface area contributed by atoms with Gasteiger partial charge in [0, 0.05) is 6.04 Å². The van der Waals surface area contributed by atoms with E-state index in [2.05, 4.69) is 49.5 Å². The summed E-state index contributed by atoms with van der Waals surface area (Å²) >= 11 is 0. The first-order chi connectivity index (χ1) is 13.5. The van der Waals surface area contributed by atoms with Gasteiger partial charge in [-0.25, -0.2) is 0 Å². The fraction of sp³-hybridized carbons (Fsp3) is 0.731. The highest BCUT2D eigenvalue weighted by Crippen LogP contribution is 2.71. The van der Waals surface area contributed by atoms with Crippen molar-refractivity contribution in [2.75, 3.05) is 0 Å². The summed E-state index contributed by atoms with van der Waals surface area (Å²) in [5, 5.41) is 3.56. The number of carbonyl (C=O) groups excluding carboxylic acids is 1. The van der Waals surface area contributed by atoms with Crippen LogP contribution in [0.3, 0.4) is 0 Å². The van der Waals surface area contributed by atoms with Gasteiger partial charge in [-0.3, -0.25) is 4.79 Å². The summed E-state index contributed by atoms with van der Waals surface area (Å²) in [6.45, 7) is 4.83. The normalized spacial score (nSPS) is 40.0. The molecule has 0 saturated heterocycles. The van der Waals surface area contributed by atoms with Crippen LogP contribution in [0.15, 0.2) is 30.3 Å². The lowest BCUT2D eigenvalue weighted by atomic mass is 9.36. The Balaban J connectivity index is 1.51. The van der Waals surface area contributed by atoms with E-state index in [4.69, 9.17) is 0 Å². The van der Waals surface area contributed by atoms with Crippen LogP contribution in [0, 0.1) is 22.7 Å². The first kappa shape index (κ1) is 18.7. The number of nitrogens with one attached hydrogen (secondary N) is 1. The minimum absolute atomic E-state index is 0.128. The fourth-order valence-electron chi connectivity index (χ4n) is 8.11. The van der Waals surface area contributed by atoms with Crippen LogP contribution in [0.1, 0.15) is 90.0 Å². The molecule has 5 fully saturated rings. The van der Waals surface area contributed by atoms with Gasteiger partial charge < -0.3 is 5.32 Å². The summed E-state index contributed by atoms with van der Waals surface area (Å²) < 4.78 is 0. The lowest BCUT2D eigenvalue weighted by Gasteiger charge is -2.67. The van der Waals surface area contributed by atoms with E-state index in [1.54, 1.807) is 0 Å². The number of hydrogen-bond acceptors (Lipinski definition) is 1. The van der Waals surface area contributed by atoms with Crippen LogP contribution in [-0.2, 0) is 10.2 Å². The molecule has 152 valence electrons. The van der Waals surface area contributed by atoms with E-state index in [1.165, 1.54) is 56.9 Å². The highest BCUT2D eigenvalue weighted by Gasteiger charge is 2.66. The van der Waals surface area contributed by atoms with E-state index >= 15 is 0 Å². The van der Waals surface area contributed by atoms with Crippen molar-refractivity contribution in [1.29, 1.82) is 0 Å². The Morgan fingerprint density at radius 1 is 0.964 bits per heavy atom. The molecule has 1 amide bonds. The molecule has 3 unspecified atom stereocenters. The second kappa shape index (κ2) is 6.61. The molecule has 0 spiro atoms. The van der Waals surface area contributed by atoms with Crippen LogP contribution in [0.5, 0.6) is 0 Å². The molecule has 1 aromatic rings. The maximum absolute atomic E-state index is 13.8. The minimum Gasteiger partial charge on any atom is -0.353 e. The molecular formula is C26H37NO. The van der Waals surface area contributed by atoms with E-state index in [0.717, 1.165) is 25.2 Å². The van der Waals surface area contributed by atoms with Crippen molar-refractivity contribution in [3.63, 3.8) is 0 Å². The molecule has 1 N–H and O–H groups in total. The molecule has 5 aliphatic rings. The summed E-state index contributed by atoms with van der Waals surface area (Å²) in [6, 6.07) is 11.6. The van der Waals surface area contributed by atoms with Gasteiger partial charge in [0.1, 0.15) is 0 Å². The molecule has 0 aromatic heterocycles. The van der Waals surface area contributed by atoms with Crippen molar-refractivity contribution < 1.29 is 4.79 Å². The first-order valence-corrected chi connectivity index (χ1v) is 11.8. The molecule has 2 heteroatoms. The number of benzene rings is 1. The van der Waals surface area contributed by atoms with Gasteiger partial charge in [-0.15, -0.1) is 0 Å². The highest BCUT2D eigenvalue weighted by atomic mass is 16.2. The van der Waals surface area contributed by atoms with Crippen LogP contribution in [0.2, 0.25) is 0 Å². The van der Waals surface area contributed by atoms with E-state index in [-0.39, 0.29) is 10.8 Å². The zero-order valence-corrected chi connectivity index (χ0v) is 17.8. The first-order valence-electron chi connectivity index (χ1n) is 11.8. The molecule has 4 bridgehead atoms. The number of amides is 1. The van der Waals surface area contributed by atoms with Gasteiger partial charge in [0.25, 0.3) is 0 Å². The number of carbonyl (C=O) groups is 1. The van der Waals surface area contributed by atoms with E-state index in [1.807, 2.05) is 0 Å². The van der Waals surface area contributed by atoms with Gasteiger partial charge in [-0.1, -0.05) is 63.4 Å². The number of rotatable bonds is 4. The predicted octanol–water partition coefficient (Wildman–Crippen LogP) is 6.00. The fourth-order valence-corrected chi connectivity index (χ4v) is 8.11. The van der Waals surface area contributed by atoms with E-state index in [0.29, 0.717) is 23.3 Å². The second-order valence-electron chi connectivity index (χ2n) is 11.3. The van der Waals surface area contributed by atoms with Crippen molar-refractivity contribution in [2.45, 2.75) is 95.9 Å². The Labute approximate surface area is 170 Å². The zero-order chi connectivity index (χ0) is 19.4. The lowest BCUT2D eigenvalue weighted by molar-refractivity contribution is -0.170. The van der Waals surface area contributed by atoms with Crippen molar-refractivity contribution in [2.24, 2.45) is 22.7 Å². The quantitative estimate of drug-likeness (QED) is 0.683. The van der Waals surface area contributed by atoms with Gasteiger partial charge >= 0.3 is 0 Å². The summed E-state index contributed by atoms with van der Waals surface area (Å²) in [5.74, 6) is 1.78. The summed E-state index contributed by atoms with van der Waals surface area (Å²) in [6.07, 6.45) is 13.5. The van der Waals surface area contributed by atoms with Crippen LogP contribution >= 0.6 is 0 Å². The van der Waals surface area contributed by atoms with Gasteiger partial charge in [-0.2, -0.15) is 0 Å². The Hall–Kier alpha value is -1.31. The molecule has 5 aliphatic carbocycles. The third-order valence-electron chi connectivity index (χ3n) is 9.14. The summed E-state index contributed by atoms with van der Waals surface area (Å²) in [4.78, 5) is 13.8. The Kier molecular flexibility index (Phi) is 4.41. The molecule has 1 aromatic carbocycles. The van der Waals surface area contributed by atoms with Crippen LogP contribution in [-0.4, -0.2) is 11.9 Å². The monoisotopic (exact) mass is 379 g/mol. The van der Waals surface area contributed by atoms with Crippen molar-refractivity contribution in [3.8, 4) is 0 Å².